The van der Waals surface area contributed by atoms with Gasteiger partial charge in [-0.1, -0.05) is 17.7 Å². The largest absolute Gasteiger partial charge is 0.362 e. The van der Waals surface area contributed by atoms with Gasteiger partial charge >= 0.3 is 5.71 Å². The zero-order chi connectivity index (χ0) is 10.1. The van der Waals surface area contributed by atoms with Crippen molar-refractivity contribution in [2.24, 2.45) is 0 Å². The van der Waals surface area contributed by atoms with E-state index in [1.54, 1.807) is 12.1 Å². The quantitative estimate of drug-likeness (QED) is 0.448. The van der Waals surface area contributed by atoms with Crippen LogP contribution in [0.3, 0.4) is 0 Å². The van der Waals surface area contributed by atoms with Crippen molar-refractivity contribution in [2.45, 2.75) is 6.92 Å². The average molecular weight is 184 g/mol. The molecule has 0 atom stereocenters. The molecule has 1 aromatic rings. The highest BCUT2D eigenvalue weighted by Gasteiger charge is 2.24. The summed E-state index contributed by atoms with van der Waals surface area (Å²) in [5.74, 6) is -0.228. The van der Waals surface area contributed by atoms with Crippen LogP contribution >= 0.6 is 0 Å². The van der Waals surface area contributed by atoms with Gasteiger partial charge in [-0.3, -0.25) is 4.79 Å². The summed E-state index contributed by atoms with van der Waals surface area (Å²) in [6.45, 7) is 1.92. The van der Waals surface area contributed by atoms with Gasteiger partial charge in [-0.2, -0.15) is 4.79 Å². The first-order chi connectivity index (χ1) is 6.72. The molecule has 0 aliphatic heterocycles. The van der Waals surface area contributed by atoms with E-state index in [-0.39, 0.29) is 11.5 Å². The van der Waals surface area contributed by atoms with Gasteiger partial charge < -0.3 is 5.53 Å². The standard InChI is InChI=1S/C11H8N2O/c1-7-2-3-8-4-5-10(13-12)11(14)9(8)6-7/h2-6H,1H3. The molecule has 3 heteroatoms. The smallest absolute Gasteiger partial charge is 0.361 e. The zero-order valence-corrected chi connectivity index (χ0v) is 7.69. The number of rotatable bonds is 0. The summed E-state index contributed by atoms with van der Waals surface area (Å²) < 4.78 is 0. The number of nitrogens with zero attached hydrogens (tertiary/aromatic N) is 2. The summed E-state index contributed by atoms with van der Waals surface area (Å²) in [5, 5.41) is 0. The zero-order valence-electron chi connectivity index (χ0n) is 7.69. The third-order valence-electron chi connectivity index (χ3n) is 2.21. The van der Waals surface area contributed by atoms with E-state index in [0.29, 0.717) is 5.56 Å². The molecule has 1 aliphatic rings. The first-order valence-corrected chi connectivity index (χ1v) is 4.28. The van der Waals surface area contributed by atoms with Crippen molar-refractivity contribution in [2.75, 3.05) is 0 Å². The van der Waals surface area contributed by atoms with Gasteiger partial charge in [0.15, 0.2) is 0 Å². The topological polar surface area (TPSA) is 53.5 Å². The van der Waals surface area contributed by atoms with Crippen molar-refractivity contribution >= 4 is 17.6 Å². The van der Waals surface area contributed by atoms with E-state index >= 15 is 0 Å². The first kappa shape index (κ1) is 8.60. The summed E-state index contributed by atoms with van der Waals surface area (Å²) in [6, 6.07) is 5.62. The van der Waals surface area contributed by atoms with Crippen molar-refractivity contribution in [3.05, 3.63) is 46.5 Å². The lowest BCUT2D eigenvalue weighted by atomic mass is 9.93. The number of allylic oxidation sites excluding steroid dienone is 1. The van der Waals surface area contributed by atoms with Gasteiger partial charge in [0.25, 0.3) is 5.78 Å². The third-order valence-corrected chi connectivity index (χ3v) is 2.21. The van der Waals surface area contributed by atoms with Crippen LogP contribution in [0, 0.1) is 6.92 Å². The number of benzene rings is 1. The van der Waals surface area contributed by atoms with E-state index in [1.807, 2.05) is 19.1 Å². The summed E-state index contributed by atoms with van der Waals surface area (Å²) in [4.78, 5) is 14.6. The predicted molar refractivity (Wildman–Crippen MR) is 53.2 cm³/mol. The Morgan fingerprint density at radius 3 is 2.79 bits per heavy atom. The number of carbonyl (C=O) groups excluding carboxylic acids is 1. The van der Waals surface area contributed by atoms with Crippen molar-refractivity contribution in [1.29, 1.82) is 0 Å². The summed E-state index contributed by atoms with van der Waals surface area (Å²) in [7, 11) is 0. The van der Waals surface area contributed by atoms with Gasteiger partial charge in [0.2, 0.25) is 0 Å². The minimum Gasteiger partial charge on any atom is -0.361 e. The molecule has 3 nitrogen and oxygen atoms in total. The van der Waals surface area contributed by atoms with Crippen LogP contribution in [-0.4, -0.2) is 16.3 Å². The van der Waals surface area contributed by atoms with Crippen LogP contribution in [0.2, 0.25) is 0 Å². The van der Waals surface area contributed by atoms with Crippen molar-refractivity contribution in [1.82, 2.24) is 0 Å². The molecule has 0 aromatic heterocycles. The summed E-state index contributed by atoms with van der Waals surface area (Å²) in [6.07, 6.45) is 3.28. The van der Waals surface area contributed by atoms with Crippen LogP contribution in [0.5, 0.6) is 0 Å². The van der Waals surface area contributed by atoms with Crippen molar-refractivity contribution in [3.8, 4) is 0 Å². The molecule has 0 unspecified atom stereocenters. The Morgan fingerprint density at radius 2 is 2.07 bits per heavy atom. The molecule has 0 saturated heterocycles. The van der Waals surface area contributed by atoms with Crippen molar-refractivity contribution < 1.29 is 9.58 Å². The average Bonchev–Trinajstić information content (AvgIpc) is 2.20. The molecule has 0 amide bonds. The molecule has 0 saturated carbocycles. The normalized spacial score (nSPS) is 13.8. The molecule has 0 N–H and O–H groups in total. The van der Waals surface area contributed by atoms with Gasteiger partial charge in [0.05, 0.1) is 0 Å². The summed E-state index contributed by atoms with van der Waals surface area (Å²) >= 11 is 0. The Hall–Kier alpha value is -1.99. The lowest BCUT2D eigenvalue weighted by Gasteiger charge is -2.06. The maximum absolute atomic E-state index is 11.7. The SMILES string of the molecule is Cc1ccc2c(c1)C(=O)C(=[N+]=[N-])C=C2. The fraction of sp³-hybridized carbons (Fsp3) is 0.0909. The molecule has 14 heavy (non-hydrogen) atoms. The van der Waals surface area contributed by atoms with Crippen LogP contribution in [-0.2, 0) is 0 Å². The van der Waals surface area contributed by atoms with Gasteiger partial charge in [0, 0.05) is 11.6 Å². The molecule has 68 valence electrons. The summed E-state index contributed by atoms with van der Waals surface area (Å²) in [5.41, 5.74) is 11.1. The molecule has 0 heterocycles. The van der Waals surface area contributed by atoms with Gasteiger partial charge in [-0.25, -0.2) is 0 Å². The number of hydrogen-bond donors (Lipinski definition) is 0. The Bertz CT molecular complexity index is 494. The van der Waals surface area contributed by atoms with E-state index in [2.05, 4.69) is 4.79 Å². The highest BCUT2D eigenvalue weighted by atomic mass is 16.1. The van der Waals surface area contributed by atoms with E-state index < -0.39 is 0 Å². The van der Waals surface area contributed by atoms with E-state index in [0.717, 1.165) is 11.1 Å². The highest BCUT2D eigenvalue weighted by Crippen LogP contribution is 2.18. The van der Waals surface area contributed by atoms with Gasteiger partial charge in [-0.15, -0.1) is 0 Å². The monoisotopic (exact) mass is 184 g/mol. The second-order valence-electron chi connectivity index (χ2n) is 3.24. The fourth-order valence-corrected chi connectivity index (χ4v) is 1.47. The lowest BCUT2D eigenvalue weighted by Crippen LogP contribution is -2.17. The molecule has 2 rings (SSSR count). The molecule has 0 fully saturated rings. The molecule has 0 radical (unpaired) electrons. The van der Waals surface area contributed by atoms with Crippen LogP contribution in [0.25, 0.3) is 11.6 Å². The maximum Gasteiger partial charge on any atom is 0.362 e. The first-order valence-electron chi connectivity index (χ1n) is 4.28. The Morgan fingerprint density at radius 1 is 1.29 bits per heavy atom. The Balaban J connectivity index is 2.68. The number of ketones is 1. The fourth-order valence-electron chi connectivity index (χ4n) is 1.47. The van der Waals surface area contributed by atoms with Crippen LogP contribution < -0.4 is 0 Å². The van der Waals surface area contributed by atoms with Gasteiger partial charge in [0.1, 0.15) is 0 Å². The molecule has 0 spiro atoms. The number of aryl methyl sites for hydroxylation is 1. The number of carbonyl (C=O) groups is 1. The second kappa shape index (κ2) is 3.05. The van der Waals surface area contributed by atoms with Crippen molar-refractivity contribution in [3.63, 3.8) is 0 Å². The van der Waals surface area contributed by atoms with E-state index in [1.165, 1.54) is 6.08 Å². The molecule has 1 aliphatic carbocycles. The number of Topliss-reactive ketones (excluding diaryl/α,β-unsaturated/α-hetero) is 1. The van der Waals surface area contributed by atoms with Crippen LogP contribution in [0.15, 0.2) is 24.3 Å². The Kier molecular flexibility index (Phi) is 1.88. The number of hydrogen-bond acceptors (Lipinski definition) is 1. The van der Waals surface area contributed by atoms with Crippen LogP contribution in [0.4, 0.5) is 0 Å². The molecular formula is C11H8N2O. The minimum absolute atomic E-state index is 0.0862. The van der Waals surface area contributed by atoms with E-state index in [4.69, 9.17) is 5.53 Å². The highest BCUT2D eigenvalue weighted by molar-refractivity contribution is 6.50. The third kappa shape index (κ3) is 1.20. The number of fused-ring (bicyclic) bond motifs is 1. The molecule has 1 aromatic carbocycles. The molecule has 0 bridgehead atoms. The van der Waals surface area contributed by atoms with Gasteiger partial charge in [-0.05, 0) is 24.6 Å². The minimum atomic E-state index is -0.228. The van der Waals surface area contributed by atoms with E-state index in [9.17, 15) is 4.79 Å². The molecular weight excluding hydrogens is 176 g/mol. The van der Waals surface area contributed by atoms with Crippen LogP contribution in [0.1, 0.15) is 21.5 Å². The maximum atomic E-state index is 11.7. The predicted octanol–water partition coefficient (Wildman–Crippen LogP) is 1.88. The second-order valence-corrected chi connectivity index (χ2v) is 3.24. The lowest BCUT2D eigenvalue weighted by molar-refractivity contribution is -0.00435. The Labute approximate surface area is 81.3 Å².